The quantitative estimate of drug-likeness (QED) is 0.821. The number of nitrogens with zero attached hydrogens (tertiary/aromatic N) is 1. The molecule has 0 saturated carbocycles. The van der Waals surface area contributed by atoms with Gasteiger partial charge in [0.1, 0.15) is 5.75 Å². The van der Waals surface area contributed by atoms with Crippen molar-refractivity contribution >= 4 is 17.5 Å². The van der Waals surface area contributed by atoms with Crippen LogP contribution in [0.5, 0.6) is 5.75 Å². The molecular weight excluding hydrogens is 292 g/mol. The van der Waals surface area contributed by atoms with E-state index in [2.05, 4.69) is 11.9 Å². The van der Waals surface area contributed by atoms with Gasteiger partial charge in [0.2, 0.25) is 11.8 Å². The van der Waals surface area contributed by atoms with Crippen LogP contribution in [0.1, 0.15) is 26.2 Å². The van der Waals surface area contributed by atoms with E-state index in [0.29, 0.717) is 44.0 Å². The average Bonchev–Trinajstić information content (AvgIpc) is 2.60. The number of hydrogen-bond donors (Lipinski definition) is 1. The molecule has 0 radical (unpaired) electrons. The molecule has 1 aliphatic heterocycles. The van der Waals surface area contributed by atoms with Crippen LogP contribution in [-0.4, -0.2) is 36.4 Å². The van der Waals surface area contributed by atoms with Crippen LogP contribution in [0.2, 0.25) is 0 Å². The molecule has 23 heavy (non-hydrogen) atoms. The van der Waals surface area contributed by atoms with Gasteiger partial charge >= 0.3 is 0 Å². The molecule has 1 aromatic rings. The molecule has 2 rings (SSSR count). The number of amides is 2. The van der Waals surface area contributed by atoms with Crippen molar-refractivity contribution in [3.05, 3.63) is 36.9 Å². The SMILES string of the molecule is C=CC(=O)N1CCC(C(=O)Nc2ccccc2OCCC)CC1. The maximum Gasteiger partial charge on any atom is 0.245 e. The Morgan fingerprint density at radius 1 is 1.35 bits per heavy atom. The van der Waals surface area contributed by atoms with E-state index in [1.165, 1.54) is 6.08 Å². The molecule has 0 atom stereocenters. The number of benzene rings is 1. The van der Waals surface area contributed by atoms with Crippen molar-refractivity contribution in [2.75, 3.05) is 25.0 Å². The summed E-state index contributed by atoms with van der Waals surface area (Å²) in [5.41, 5.74) is 0.704. The molecule has 1 fully saturated rings. The molecule has 124 valence electrons. The number of rotatable bonds is 6. The third-order valence-electron chi connectivity index (χ3n) is 3.96. The van der Waals surface area contributed by atoms with E-state index >= 15 is 0 Å². The molecule has 0 unspecified atom stereocenters. The fraction of sp³-hybridized carbons (Fsp3) is 0.444. The second-order valence-electron chi connectivity index (χ2n) is 5.64. The maximum atomic E-state index is 12.4. The van der Waals surface area contributed by atoms with Crippen molar-refractivity contribution in [3.8, 4) is 5.75 Å². The molecule has 5 nitrogen and oxygen atoms in total. The Morgan fingerprint density at radius 3 is 2.70 bits per heavy atom. The Hall–Kier alpha value is -2.30. The largest absolute Gasteiger partial charge is 0.491 e. The second kappa shape index (κ2) is 8.36. The summed E-state index contributed by atoms with van der Waals surface area (Å²) in [6.07, 6.45) is 3.58. The predicted octanol–water partition coefficient (Wildman–Crippen LogP) is 2.84. The standard InChI is InChI=1S/C18H24N2O3/c1-3-13-23-16-8-6-5-7-15(16)19-18(22)14-9-11-20(12-10-14)17(21)4-2/h4-8,14H,2-3,9-13H2,1H3,(H,19,22). The van der Waals surface area contributed by atoms with Gasteiger partial charge in [-0.05, 0) is 37.5 Å². The predicted molar refractivity (Wildman–Crippen MR) is 90.4 cm³/mol. The maximum absolute atomic E-state index is 12.4. The number of carbonyl (C=O) groups excluding carboxylic acids is 2. The summed E-state index contributed by atoms with van der Waals surface area (Å²) in [4.78, 5) is 25.8. The van der Waals surface area contributed by atoms with Crippen LogP contribution in [0.15, 0.2) is 36.9 Å². The van der Waals surface area contributed by atoms with E-state index in [0.717, 1.165) is 6.42 Å². The van der Waals surface area contributed by atoms with Gasteiger partial charge < -0.3 is 15.0 Å². The van der Waals surface area contributed by atoms with Gasteiger partial charge in [0.15, 0.2) is 0 Å². The van der Waals surface area contributed by atoms with Crippen LogP contribution in [0.4, 0.5) is 5.69 Å². The molecule has 5 heteroatoms. The lowest BCUT2D eigenvalue weighted by Crippen LogP contribution is -2.40. The van der Waals surface area contributed by atoms with Crippen molar-refractivity contribution < 1.29 is 14.3 Å². The smallest absolute Gasteiger partial charge is 0.245 e. The fourth-order valence-corrected chi connectivity index (χ4v) is 2.63. The third kappa shape index (κ3) is 4.58. The molecule has 1 aromatic carbocycles. The van der Waals surface area contributed by atoms with E-state index < -0.39 is 0 Å². The molecule has 2 amide bonds. The number of anilines is 1. The summed E-state index contributed by atoms with van der Waals surface area (Å²) in [5, 5.41) is 2.96. The molecule has 1 heterocycles. The molecule has 0 bridgehead atoms. The van der Waals surface area contributed by atoms with Gasteiger partial charge in [0, 0.05) is 19.0 Å². The Morgan fingerprint density at radius 2 is 2.04 bits per heavy atom. The molecule has 1 N–H and O–H groups in total. The van der Waals surface area contributed by atoms with Crippen molar-refractivity contribution in [2.24, 2.45) is 5.92 Å². The lowest BCUT2D eigenvalue weighted by molar-refractivity contribution is -0.130. The zero-order valence-electron chi connectivity index (χ0n) is 13.6. The van der Waals surface area contributed by atoms with E-state index in [9.17, 15) is 9.59 Å². The Labute approximate surface area is 137 Å². The van der Waals surface area contributed by atoms with Gasteiger partial charge in [-0.1, -0.05) is 25.6 Å². The lowest BCUT2D eigenvalue weighted by Gasteiger charge is -2.30. The monoisotopic (exact) mass is 316 g/mol. The highest BCUT2D eigenvalue weighted by molar-refractivity contribution is 5.94. The van der Waals surface area contributed by atoms with Gasteiger partial charge in [0.25, 0.3) is 0 Å². The first-order valence-electron chi connectivity index (χ1n) is 8.09. The average molecular weight is 316 g/mol. The van der Waals surface area contributed by atoms with E-state index in [1.807, 2.05) is 31.2 Å². The number of para-hydroxylation sites is 2. The van der Waals surface area contributed by atoms with Gasteiger partial charge in [-0.2, -0.15) is 0 Å². The molecule has 0 spiro atoms. The number of ether oxygens (including phenoxy) is 1. The van der Waals surface area contributed by atoms with Crippen LogP contribution >= 0.6 is 0 Å². The highest BCUT2D eigenvalue weighted by Gasteiger charge is 2.26. The Bertz CT molecular complexity index is 563. The molecule has 1 aliphatic rings. The Kier molecular flexibility index (Phi) is 6.20. The minimum atomic E-state index is -0.0805. The summed E-state index contributed by atoms with van der Waals surface area (Å²) in [6.45, 7) is 7.35. The topological polar surface area (TPSA) is 58.6 Å². The first-order valence-corrected chi connectivity index (χ1v) is 8.09. The molecule has 0 aromatic heterocycles. The summed E-state index contributed by atoms with van der Waals surface area (Å²) in [5.74, 6) is 0.537. The summed E-state index contributed by atoms with van der Waals surface area (Å²) >= 11 is 0. The van der Waals surface area contributed by atoms with E-state index in [-0.39, 0.29) is 17.7 Å². The first-order chi connectivity index (χ1) is 11.2. The van der Waals surface area contributed by atoms with Crippen molar-refractivity contribution in [1.29, 1.82) is 0 Å². The van der Waals surface area contributed by atoms with Crippen LogP contribution in [0.25, 0.3) is 0 Å². The van der Waals surface area contributed by atoms with E-state index in [1.54, 1.807) is 4.90 Å². The number of likely N-dealkylation sites (tertiary alicyclic amines) is 1. The summed E-state index contributed by atoms with van der Waals surface area (Å²) in [6, 6.07) is 7.47. The van der Waals surface area contributed by atoms with Gasteiger partial charge in [-0.15, -0.1) is 0 Å². The number of nitrogens with one attached hydrogen (secondary N) is 1. The summed E-state index contributed by atoms with van der Waals surface area (Å²) < 4.78 is 5.66. The summed E-state index contributed by atoms with van der Waals surface area (Å²) in [7, 11) is 0. The van der Waals surface area contributed by atoms with Crippen molar-refractivity contribution in [2.45, 2.75) is 26.2 Å². The second-order valence-corrected chi connectivity index (χ2v) is 5.64. The van der Waals surface area contributed by atoms with Crippen LogP contribution in [0, 0.1) is 5.92 Å². The highest BCUT2D eigenvalue weighted by atomic mass is 16.5. The van der Waals surface area contributed by atoms with E-state index in [4.69, 9.17) is 4.74 Å². The lowest BCUT2D eigenvalue weighted by atomic mass is 9.95. The first kappa shape index (κ1) is 17.1. The zero-order valence-corrected chi connectivity index (χ0v) is 13.6. The van der Waals surface area contributed by atoms with Gasteiger partial charge in [-0.25, -0.2) is 0 Å². The van der Waals surface area contributed by atoms with Crippen LogP contribution in [-0.2, 0) is 9.59 Å². The third-order valence-corrected chi connectivity index (χ3v) is 3.96. The number of piperidine rings is 1. The Balaban J connectivity index is 1.93. The minimum absolute atomic E-state index is 0.0109. The highest BCUT2D eigenvalue weighted by Crippen LogP contribution is 2.26. The number of carbonyl (C=O) groups is 2. The molecular formula is C18H24N2O3. The minimum Gasteiger partial charge on any atom is -0.491 e. The van der Waals surface area contributed by atoms with Crippen LogP contribution < -0.4 is 10.1 Å². The van der Waals surface area contributed by atoms with Crippen LogP contribution in [0.3, 0.4) is 0 Å². The van der Waals surface area contributed by atoms with Gasteiger partial charge in [0.05, 0.1) is 12.3 Å². The fourth-order valence-electron chi connectivity index (χ4n) is 2.63. The molecule has 1 saturated heterocycles. The number of hydrogen-bond acceptors (Lipinski definition) is 3. The zero-order chi connectivity index (χ0) is 16.7. The van der Waals surface area contributed by atoms with Crippen molar-refractivity contribution in [1.82, 2.24) is 4.90 Å². The van der Waals surface area contributed by atoms with Gasteiger partial charge in [-0.3, -0.25) is 9.59 Å². The normalized spacial score (nSPS) is 15.1. The van der Waals surface area contributed by atoms with Crippen molar-refractivity contribution in [3.63, 3.8) is 0 Å². The molecule has 0 aliphatic carbocycles.